The Hall–Kier alpha value is -3.03. The Morgan fingerprint density at radius 2 is 2.04 bits per heavy atom. The van der Waals surface area contributed by atoms with E-state index < -0.39 is 17.7 Å². The van der Waals surface area contributed by atoms with E-state index in [1.165, 1.54) is 0 Å². The maximum atomic E-state index is 12.5. The molecule has 8 nitrogen and oxygen atoms in total. The number of hydrogen-bond acceptors (Lipinski definition) is 5. The van der Waals surface area contributed by atoms with E-state index in [4.69, 9.17) is 9.47 Å². The van der Waals surface area contributed by atoms with Crippen LogP contribution < -0.4 is 10.6 Å². The van der Waals surface area contributed by atoms with Gasteiger partial charge in [0.05, 0.1) is 18.2 Å². The Labute approximate surface area is 163 Å². The van der Waals surface area contributed by atoms with E-state index in [0.717, 1.165) is 10.9 Å². The number of carbonyl (C=O) groups excluding carboxylic acids is 3. The lowest BCUT2D eigenvalue weighted by Gasteiger charge is -2.27. The van der Waals surface area contributed by atoms with Gasteiger partial charge in [-0.3, -0.25) is 4.79 Å². The Morgan fingerprint density at radius 1 is 1.29 bits per heavy atom. The Kier molecular flexibility index (Phi) is 5.31. The number of carbonyl (C=O) groups is 3. The minimum absolute atomic E-state index is 0.226. The molecule has 1 unspecified atom stereocenters. The molecule has 28 heavy (non-hydrogen) atoms. The Morgan fingerprint density at radius 3 is 2.71 bits per heavy atom. The molecule has 1 aliphatic heterocycles. The first-order chi connectivity index (χ1) is 13.2. The summed E-state index contributed by atoms with van der Waals surface area (Å²) in [4.78, 5) is 36.4. The number of esters is 1. The molecule has 2 heterocycles. The zero-order valence-electron chi connectivity index (χ0n) is 16.5. The number of amides is 2. The molecule has 0 aliphatic carbocycles. The predicted octanol–water partition coefficient (Wildman–Crippen LogP) is 2.45. The van der Waals surface area contributed by atoms with Gasteiger partial charge in [0.2, 0.25) is 0 Å². The molecule has 0 fully saturated rings. The topological polar surface area (TPSA) is 98.7 Å². The quantitative estimate of drug-likeness (QED) is 0.785. The van der Waals surface area contributed by atoms with Crippen molar-refractivity contribution < 1.29 is 23.9 Å². The number of alkyl carbamates (subject to hydrolysis) is 1. The van der Waals surface area contributed by atoms with Gasteiger partial charge in [-0.05, 0) is 45.9 Å². The standard InChI is InChI=1S/C20H25N3O5/c1-5-27-18(25)13-7-6-12-8-16-17(24)22-14(11-23(16)15(12)9-13)10-21-19(26)28-20(2,3)4/h6-9,14H,5,10-11H2,1-4H3,(H,21,26)(H,22,24). The molecule has 1 aromatic heterocycles. The van der Waals surface area contributed by atoms with Crippen LogP contribution in [0.25, 0.3) is 10.9 Å². The van der Waals surface area contributed by atoms with E-state index in [1.807, 2.05) is 4.57 Å². The van der Waals surface area contributed by atoms with Crippen LogP contribution >= 0.6 is 0 Å². The summed E-state index contributed by atoms with van der Waals surface area (Å²) < 4.78 is 12.1. The normalized spacial score (nSPS) is 16.3. The summed E-state index contributed by atoms with van der Waals surface area (Å²) >= 11 is 0. The third kappa shape index (κ3) is 4.27. The maximum absolute atomic E-state index is 12.5. The van der Waals surface area contributed by atoms with Gasteiger partial charge in [-0.15, -0.1) is 0 Å². The molecule has 0 spiro atoms. The first kappa shape index (κ1) is 19.7. The van der Waals surface area contributed by atoms with Gasteiger partial charge in [0, 0.05) is 24.0 Å². The van der Waals surface area contributed by atoms with Gasteiger partial charge in [-0.1, -0.05) is 6.07 Å². The van der Waals surface area contributed by atoms with E-state index in [0.29, 0.717) is 24.4 Å². The zero-order chi connectivity index (χ0) is 20.5. The van der Waals surface area contributed by atoms with Crippen molar-refractivity contribution in [1.29, 1.82) is 0 Å². The molecular formula is C20H25N3O5. The molecule has 1 aromatic carbocycles. The summed E-state index contributed by atoms with van der Waals surface area (Å²) in [5, 5.41) is 6.43. The molecule has 8 heteroatoms. The number of ether oxygens (including phenoxy) is 2. The Balaban J connectivity index is 1.79. The monoisotopic (exact) mass is 387 g/mol. The predicted molar refractivity (Wildman–Crippen MR) is 103 cm³/mol. The van der Waals surface area contributed by atoms with Gasteiger partial charge < -0.3 is 24.7 Å². The van der Waals surface area contributed by atoms with Crippen LogP contribution in [0.15, 0.2) is 24.3 Å². The lowest BCUT2D eigenvalue weighted by molar-refractivity contribution is 0.0510. The van der Waals surface area contributed by atoms with Crippen LogP contribution in [0, 0.1) is 0 Å². The highest BCUT2D eigenvalue weighted by Gasteiger charge is 2.27. The smallest absolute Gasteiger partial charge is 0.407 e. The number of nitrogens with one attached hydrogen (secondary N) is 2. The molecule has 0 saturated heterocycles. The third-order valence-electron chi connectivity index (χ3n) is 4.28. The molecule has 2 N–H and O–H groups in total. The van der Waals surface area contributed by atoms with Crippen LogP contribution in [0.2, 0.25) is 0 Å². The van der Waals surface area contributed by atoms with Crippen molar-refractivity contribution in [2.75, 3.05) is 13.2 Å². The van der Waals surface area contributed by atoms with E-state index in [1.54, 1.807) is 52.0 Å². The number of benzene rings is 1. The summed E-state index contributed by atoms with van der Waals surface area (Å²) in [5.74, 6) is -0.625. The Bertz CT molecular complexity index is 926. The number of fused-ring (bicyclic) bond motifs is 3. The fourth-order valence-corrected chi connectivity index (χ4v) is 3.14. The second kappa shape index (κ2) is 7.53. The first-order valence-corrected chi connectivity index (χ1v) is 9.26. The van der Waals surface area contributed by atoms with Crippen molar-refractivity contribution in [2.24, 2.45) is 0 Å². The van der Waals surface area contributed by atoms with Crippen LogP contribution in [-0.2, 0) is 16.0 Å². The van der Waals surface area contributed by atoms with Crippen LogP contribution in [0.3, 0.4) is 0 Å². The van der Waals surface area contributed by atoms with Crippen molar-refractivity contribution in [1.82, 2.24) is 15.2 Å². The van der Waals surface area contributed by atoms with Gasteiger partial charge in [0.1, 0.15) is 11.3 Å². The van der Waals surface area contributed by atoms with Crippen molar-refractivity contribution in [3.8, 4) is 0 Å². The molecule has 1 atom stereocenters. The molecule has 2 aromatic rings. The van der Waals surface area contributed by atoms with Gasteiger partial charge in [-0.25, -0.2) is 9.59 Å². The minimum atomic E-state index is -0.590. The fraction of sp³-hybridized carbons (Fsp3) is 0.450. The molecule has 0 radical (unpaired) electrons. The zero-order valence-corrected chi connectivity index (χ0v) is 16.5. The summed E-state index contributed by atoms with van der Waals surface area (Å²) in [7, 11) is 0. The minimum Gasteiger partial charge on any atom is -0.462 e. The van der Waals surface area contributed by atoms with E-state index in [-0.39, 0.29) is 18.5 Å². The highest BCUT2D eigenvalue weighted by atomic mass is 16.6. The third-order valence-corrected chi connectivity index (χ3v) is 4.28. The molecule has 150 valence electrons. The van der Waals surface area contributed by atoms with Gasteiger partial charge in [0.25, 0.3) is 5.91 Å². The fourth-order valence-electron chi connectivity index (χ4n) is 3.14. The van der Waals surface area contributed by atoms with Crippen molar-refractivity contribution in [3.05, 3.63) is 35.5 Å². The van der Waals surface area contributed by atoms with E-state index >= 15 is 0 Å². The summed E-state index contributed by atoms with van der Waals surface area (Å²) in [5.41, 5.74) is 1.14. The van der Waals surface area contributed by atoms with Gasteiger partial charge in [-0.2, -0.15) is 0 Å². The second-order valence-corrected chi connectivity index (χ2v) is 7.69. The number of nitrogens with zero attached hydrogens (tertiary/aromatic N) is 1. The van der Waals surface area contributed by atoms with Gasteiger partial charge >= 0.3 is 12.1 Å². The number of rotatable bonds is 4. The van der Waals surface area contributed by atoms with Crippen molar-refractivity contribution in [3.63, 3.8) is 0 Å². The largest absolute Gasteiger partial charge is 0.462 e. The lowest BCUT2D eigenvalue weighted by Crippen LogP contribution is -2.50. The van der Waals surface area contributed by atoms with Crippen LogP contribution in [-0.4, -0.2) is 47.3 Å². The molecule has 1 aliphatic rings. The van der Waals surface area contributed by atoms with Crippen LogP contribution in [0.1, 0.15) is 48.5 Å². The van der Waals surface area contributed by atoms with Crippen molar-refractivity contribution in [2.45, 2.75) is 45.9 Å². The molecular weight excluding hydrogens is 362 g/mol. The summed E-state index contributed by atoms with van der Waals surface area (Å²) in [6.07, 6.45) is -0.533. The lowest BCUT2D eigenvalue weighted by atomic mass is 10.1. The molecule has 2 amide bonds. The highest BCUT2D eigenvalue weighted by molar-refractivity contribution is 6.01. The summed E-state index contributed by atoms with van der Waals surface area (Å²) in [6.45, 7) is 8.10. The van der Waals surface area contributed by atoms with Crippen molar-refractivity contribution >= 4 is 28.9 Å². The molecule has 3 rings (SSSR count). The van der Waals surface area contributed by atoms with E-state index in [2.05, 4.69) is 10.6 Å². The SMILES string of the molecule is CCOC(=O)c1ccc2cc3n(c2c1)CC(CNC(=O)OC(C)(C)C)NC3=O. The van der Waals surface area contributed by atoms with Crippen LogP contribution in [0.4, 0.5) is 4.79 Å². The first-order valence-electron chi connectivity index (χ1n) is 9.26. The average Bonchev–Trinajstić information content (AvgIpc) is 2.97. The van der Waals surface area contributed by atoms with E-state index in [9.17, 15) is 14.4 Å². The molecule has 0 saturated carbocycles. The maximum Gasteiger partial charge on any atom is 0.407 e. The second-order valence-electron chi connectivity index (χ2n) is 7.69. The highest BCUT2D eigenvalue weighted by Crippen LogP contribution is 2.24. The number of aromatic nitrogens is 1. The van der Waals surface area contributed by atoms with Gasteiger partial charge in [0.15, 0.2) is 0 Å². The summed E-state index contributed by atoms with van der Waals surface area (Å²) in [6, 6.07) is 6.71. The number of hydrogen-bond donors (Lipinski definition) is 2. The molecule has 0 bridgehead atoms. The van der Waals surface area contributed by atoms with Crippen LogP contribution in [0.5, 0.6) is 0 Å². The average molecular weight is 387 g/mol.